The van der Waals surface area contributed by atoms with Crippen LogP contribution >= 0.6 is 0 Å². The lowest BCUT2D eigenvalue weighted by atomic mass is 10.0. The molecule has 21 heavy (non-hydrogen) atoms. The molecule has 1 N–H and O–H groups in total. The van der Waals surface area contributed by atoms with Gasteiger partial charge < -0.3 is 14.8 Å². The van der Waals surface area contributed by atoms with E-state index in [0.717, 1.165) is 17.7 Å². The molecule has 0 fully saturated rings. The van der Waals surface area contributed by atoms with Gasteiger partial charge in [0.25, 0.3) is 0 Å². The smallest absolute Gasteiger partial charge is 0.127 e. The Morgan fingerprint density at radius 3 is 2.19 bits per heavy atom. The third-order valence-corrected chi connectivity index (χ3v) is 3.30. The van der Waals surface area contributed by atoms with E-state index in [4.69, 9.17) is 9.47 Å². The lowest BCUT2D eigenvalue weighted by molar-refractivity contribution is 0.394. The SMILES string of the molecule is CCNCc1cc(-c2cc(OC)cc(OC)c2)ccc1F. The fourth-order valence-electron chi connectivity index (χ4n) is 2.12. The van der Waals surface area contributed by atoms with Crippen molar-refractivity contribution in [3.8, 4) is 22.6 Å². The zero-order chi connectivity index (χ0) is 15.2. The Labute approximate surface area is 124 Å². The first-order chi connectivity index (χ1) is 10.2. The molecule has 0 amide bonds. The lowest BCUT2D eigenvalue weighted by Crippen LogP contribution is -2.12. The molecule has 0 aliphatic rings. The van der Waals surface area contributed by atoms with Gasteiger partial charge in [-0.1, -0.05) is 13.0 Å². The van der Waals surface area contributed by atoms with E-state index in [-0.39, 0.29) is 5.82 Å². The Bertz CT molecular complexity index is 591. The van der Waals surface area contributed by atoms with Crippen molar-refractivity contribution in [1.29, 1.82) is 0 Å². The minimum Gasteiger partial charge on any atom is -0.497 e. The Morgan fingerprint density at radius 1 is 0.952 bits per heavy atom. The van der Waals surface area contributed by atoms with E-state index in [1.807, 2.05) is 31.2 Å². The zero-order valence-electron chi connectivity index (χ0n) is 12.6. The maximum absolute atomic E-state index is 13.8. The number of methoxy groups -OCH3 is 2. The fraction of sp³-hybridized carbons (Fsp3) is 0.294. The minimum atomic E-state index is -0.199. The van der Waals surface area contributed by atoms with Crippen LogP contribution in [0.25, 0.3) is 11.1 Å². The Hall–Kier alpha value is -2.07. The van der Waals surface area contributed by atoms with Gasteiger partial charge in [0.1, 0.15) is 17.3 Å². The topological polar surface area (TPSA) is 30.5 Å². The van der Waals surface area contributed by atoms with E-state index in [1.165, 1.54) is 6.07 Å². The lowest BCUT2D eigenvalue weighted by Gasteiger charge is -2.11. The maximum Gasteiger partial charge on any atom is 0.127 e. The molecule has 0 atom stereocenters. The molecule has 0 aromatic heterocycles. The van der Waals surface area contributed by atoms with Crippen LogP contribution in [0.3, 0.4) is 0 Å². The Morgan fingerprint density at radius 2 is 1.62 bits per heavy atom. The molecule has 0 saturated carbocycles. The second kappa shape index (κ2) is 7.09. The van der Waals surface area contributed by atoms with Gasteiger partial charge in [-0.05, 0) is 41.9 Å². The summed E-state index contributed by atoms with van der Waals surface area (Å²) in [5, 5.41) is 3.14. The summed E-state index contributed by atoms with van der Waals surface area (Å²) in [5.41, 5.74) is 2.52. The van der Waals surface area contributed by atoms with Gasteiger partial charge in [-0.2, -0.15) is 0 Å². The van der Waals surface area contributed by atoms with Crippen LogP contribution in [0.4, 0.5) is 4.39 Å². The molecule has 0 saturated heterocycles. The summed E-state index contributed by atoms with van der Waals surface area (Å²) in [6.07, 6.45) is 0. The number of ether oxygens (including phenoxy) is 2. The van der Waals surface area contributed by atoms with Crippen molar-refractivity contribution in [3.63, 3.8) is 0 Å². The first kappa shape index (κ1) is 15.3. The highest BCUT2D eigenvalue weighted by Gasteiger charge is 2.08. The van der Waals surface area contributed by atoms with E-state index in [1.54, 1.807) is 20.3 Å². The average Bonchev–Trinajstić information content (AvgIpc) is 2.53. The van der Waals surface area contributed by atoms with Crippen LogP contribution in [0, 0.1) is 5.82 Å². The number of halogens is 1. The molecule has 3 nitrogen and oxygen atoms in total. The second-order valence-corrected chi connectivity index (χ2v) is 4.69. The molecule has 112 valence electrons. The van der Waals surface area contributed by atoms with Crippen LogP contribution in [0.5, 0.6) is 11.5 Å². The number of hydrogen-bond donors (Lipinski definition) is 1. The number of benzene rings is 2. The average molecular weight is 289 g/mol. The van der Waals surface area contributed by atoms with Crippen molar-refractivity contribution < 1.29 is 13.9 Å². The van der Waals surface area contributed by atoms with Crippen molar-refractivity contribution in [2.75, 3.05) is 20.8 Å². The normalized spacial score (nSPS) is 10.5. The molecule has 0 heterocycles. The fourth-order valence-corrected chi connectivity index (χ4v) is 2.12. The second-order valence-electron chi connectivity index (χ2n) is 4.69. The van der Waals surface area contributed by atoms with E-state index >= 15 is 0 Å². The molecular formula is C17H20FNO2. The van der Waals surface area contributed by atoms with Crippen LogP contribution in [0.15, 0.2) is 36.4 Å². The van der Waals surface area contributed by atoms with Crippen LogP contribution in [0.1, 0.15) is 12.5 Å². The summed E-state index contributed by atoms with van der Waals surface area (Å²) in [5.74, 6) is 1.22. The maximum atomic E-state index is 13.8. The van der Waals surface area contributed by atoms with Gasteiger partial charge in [-0.3, -0.25) is 0 Å². The molecular weight excluding hydrogens is 269 g/mol. The largest absolute Gasteiger partial charge is 0.497 e. The molecule has 0 aliphatic heterocycles. The summed E-state index contributed by atoms with van der Waals surface area (Å²) in [6.45, 7) is 3.31. The third kappa shape index (κ3) is 3.73. The quantitative estimate of drug-likeness (QED) is 0.881. The van der Waals surface area contributed by atoms with Crippen LogP contribution < -0.4 is 14.8 Å². The highest BCUT2D eigenvalue weighted by molar-refractivity contribution is 5.68. The van der Waals surface area contributed by atoms with Gasteiger partial charge in [0.15, 0.2) is 0 Å². The molecule has 0 unspecified atom stereocenters. The first-order valence-corrected chi connectivity index (χ1v) is 6.90. The van der Waals surface area contributed by atoms with Crippen molar-refractivity contribution in [3.05, 3.63) is 47.8 Å². The molecule has 2 aromatic carbocycles. The van der Waals surface area contributed by atoms with Gasteiger partial charge in [-0.15, -0.1) is 0 Å². The van der Waals surface area contributed by atoms with Crippen LogP contribution in [-0.4, -0.2) is 20.8 Å². The minimum absolute atomic E-state index is 0.199. The highest BCUT2D eigenvalue weighted by Crippen LogP contribution is 2.30. The van der Waals surface area contributed by atoms with Gasteiger partial charge in [0.05, 0.1) is 14.2 Å². The monoisotopic (exact) mass is 289 g/mol. The van der Waals surface area contributed by atoms with Gasteiger partial charge in [0, 0.05) is 18.2 Å². The van der Waals surface area contributed by atoms with Crippen LogP contribution in [0.2, 0.25) is 0 Å². The van der Waals surface area contributed by atoms with Crippen molar-refractivity contribution >= 4 is 0 Å². The zero-order valence-corrected chi connectivity index (χ0v) is 12.6. The summed E-state index contributed by atoms with van der Waals surface area (Å²) in [6, 6.07) is 10.7. The predicted molar refractivity (Wildman–Crippen MR) is 82.3 cm³/mol. The summed E-state index contributed by atoms with van der Waals surface area (Å²) in [7, 11) is 3.22. The summed E-state index contributed by atoms with van der Waals surface area (Å²) in [4.78, 5) is 0. The summed E-state index contributed by atoms with van der Waals surface area (Å²) >= 11 is 0. The summed E-state index contributed by atoms with van der Waals surface area (Å²) < 4.78 is 24.4. The van der Waals surface area contributed by atoms with Crippen molar-refractivity contribution in [1.82, 2.24) is 5.32 Å². The number of hydrogen-bond acceptors (Lipinski definition) is 3. The Balaban J connectivity index is 2.41. The molecule has 0 bridgehead atoms. The standard InChI is InChI=1S/C17H20FNO2/c1-4-19-11-14-7-12(5-6-17(14)18)13-8-15(20-2)10-16(9-13)21-3/h5-10,19H,4,11H2,1-3H3. The first-order valence-electron chi connectivity index (χ1n) is 6.90. The third-order valence-electron chi connectivity index (χ3n) is 3.30. The number of rotatable bonds is 6. The Kier molecular flexibility index (Phi) is 5.17. The number of nitrogens with one attached hydrogen (secondary N) is 1. The van der Waals surface area contributed by atoms with Gasteiger partial charge in [-0.25, -0.2) is 4.39 Å². The molecule has 0 radical (unpaired) electrons. The highest BCUT2D eigenvalue weighted by atomic mass is 19.1. The van der Waals surface area contributed by atoms with Crippen molar-refractivity contribution in [2.45, 2.75) is 13.5 Å². The predicted octanol–water partition coefficient (Wildman–Crippen LogP) is 3.62. The van der Waals surface area contributed by atoms with Crippen molar-refractivity contribution in [2.24, 2.45) is 0 Å². The molecule has 0 spiro atoms. The van der Waals surface area contributed by atoms with E-state index in [2.05, 4.69) is 5.32 Å². The van der Waals surface area contributed by atoms with Gasteiger partial charge in [0.2, 0.25) is 0 Å². The van der Waals surface area contributed by atoms with E-state index in [9.17, 15) is 4.39 Å². The van der Waals surface area contributed by atoms with E-state index < -0.39 is 0 Å². The molecule has 2 aromatic rings. The molecule has 2 rings (SSSR count). The molecule has 4 heteroatoms. The van der Waals surface area contributed by atoms with Crippen LogP contribution in [-0.2, 0) is 6.54 Å². The van der Waals surface area contributed by atoms with Gasteiger partial charge >= 0.3 is 0 Å². The van der Waals surface area contributed by atoms with E-state index in [0.29, 0.717) is 23.6 Å². The molecule has 0 aliphatic carbocycles.